The molecule has 17 heavy (non-hydrogen) atoms. The predicted octanol–water partition coefficient (Wildman–Crippen LogP) is 2.03. The monoisotopic (exact) mass is 228 g/mol. The Bertz CT molecular complexity index is 470. The summed E-state index contributed by atoms with van der Waals surface area (Å²) in [5, 5.41) is 3.41. The third-order valence-corrected chi connectivity index (χ3v) is 2.66. The normalized spacial score (nSPS) is 12.4. The lowest BCUT2D eigenvalue weighted by Crippen LogP contribution is -2.20. The molecule has 2 aromatic heterocycles. The van der Waals surface area contributed by atoms with E-state index in [0.717, 1.165) is 17.9 Å². The van der Waals surface area contributed by atoms with Crippen LogP contribution in [0.3, 0.4) is 0 Å². The van der Waals surface area contributed by atoms with E-state index in [1.807, 2.05) is 19.2 Å². The maximum absolute atomic E-state index is 4.35. The number of hydrogen-bond acceptors (Lipinski definition) is 4. The Kier molecular flexibility index (Phi) is 3.77. The van der Waals surface area contributed by atoms with E-state index < -0.39 is 0 Å². The van der Waals surface area contributed by atoms with Crippen molar-refractivity contribution >= 4 is 0 Å². The van der Waals surface area contributed by atoms with E-state index in [9.17, 15) is 0 Å². The molecule has 0 saturated carbocycles. The summed E-state index contributed by atoms with van der Waals surface area (Å²) in [6.07, 6.45) is 7.08. The fraction of sp³-hybridized carbons (Fsp3) is 0.308. The topological polar surface area (TPSA) is 50.7 Å². The van der Waals surface area contributed by atoms with Crippen molar-refractivity contribution < 1.29 is 0 Å². The molecule has 1 unspecified atom stereocenters. The van der Waals surface area contributed by atoms with Gasteiger partial charge in [0.15, 0.2) is 0 Å². The average molecular weight is 228 g/mol. The number of aromatic nitrogens is 3. The second-order valence-corrected chi connectivity index (χ2v) is 3.99. The molecule has 0 spiro atoms. The molecule has 4 heteroatoms. The van der Waals surface area contributed by atoms with Gasteiger partial charge in [0.25, 0.3) is 0 Å². The van der Waals surface area contributed by atoms with Gasteiger partial charge in [0.2, 0.25) is 0 Å². The number of nitrogens with one attached hydrogen (secondary N) is 1. The highest BCUT2D eigenvalue weighted by atomic mass is 14.9. The standard InChI is InChI=1S/C13H16N4/c1-10-13(16-7-6-15-10)11(2)17-9-12-4-3-5-14-8-12/h3-8,11,17H,9H2,1-2H3. The van der Waals surface area contributed by atoms with Crippen molar-refractivity contribution in [2.45, 2.75) is 26.4 Å². The molecule has 0 bridgehead atoms. The second-order valence-electron chi connectivity index (χ2n) is 3.99. The number of nitrogens with zero attached hydrogens (tertiary/aromatic N) is 3. The van der Waals surface area contributed by atoms with Crippen LogP contribution >= 0.6 is 0 Å². The SMILES string of the molecule is Cc1nccnc1C(C)NCc1cccnc1. The summed E-state index contributed by atoms with van der Waals surface area (Å²) in [6.45, 7) is 4.85. The quantitative estimate of drug-likeness (QED) is 0.870. The van der Waals surface area contributed by atoms with E-state index in [2.05, 4.69) is 33.3 Å². The Hall–Kier alpha value is -1.81. The molecule has 0 aromatic carbocycles. The van der Waals surface area contributed by atoms with Gasteiger partial charge in [-0.1, -0.05) is 6.07 Å². The molecular formula is C13H16N4. The summed E-state index contributed by atoms with van der Waals surface area (Å²) in [7, 11) is 0. The lowest BCUT2D eigenvalue weighted by Gasteiger charge is -2.14. The first-order chi connectivity index (χ1) is 8.27. The summed E-state index contributed by atoms with van der Waals surface area (Å²) >= 11 is 0. The molecule has 0 amide bonds. The smallest absolute Gasteiger partial charge is 0.0782 e. The third kappa shape index (κ3) is 3.07. The van der Waals surface area contributed by atoms with Crippen molar-refractivity contribution in [3.63, 3.8) is 0 Å². The average Bonchev–Trinajstić information content (AvgIpc) is 2.38. The van der Waals surface area contributed by atoms with Crippen LogP contribution in [-0.4, -0.2) is 15.0 Å². The molecule has 0 radical (unpaired) electrons. The van der Waals surface area contributed by atoms with E-state index in [4.69, 9.17) is 0 Å². The van der Waals surface area contributed by atoms with Crippen LogP contribution in [0, 0.1) is 6.92 Å². The predicted molar refractivity (Wildman–Crippen MR) is 66.3 cm³/mol. The zero-order valence-electron chi connectivity index (χ0n) is 10.1. The zero-order valence-corrected chi connectivity index (χ0v) is 10.1. The van der Waals surface area contributed by atoms with Crippen molar-refractivity contribution in [2.75, 3.05) is 0 Å². The van der Waals surface area contributed by atoms with Crippen molar-refractivity contribution in [1.82, 2.24) is 20.3 Å². The van der Waals surface area contributed by atoms with Gasteiger partial charge in [-0.05, 0) is 25.5 Å². The molecule has 0 aliphatic carbocycles. The van der Waals surface area contributed by atoms with Crippen molar-refractivity contribution in [2.24, 2.45) is 0 Å². The van der Waals surface area contributed by atoms with Crippen LogP contribution in [0.5, 0.6) is 0 Å². The number of rotatable bonds is 4. The Labute approximate surface area is 101 Å². The van der Waals surface area contributed by atoms with Gasteiger partial charge >= 0.3 is 0 Å². The first kappa shape index (κ1) is 11.7. The van der Waals surface area contributed by atoms with E-state index in [0.29, 0.717) is 0 Å². The highest BCUT2D eigenvalue weighted by molar-refractivity contribution is 5.14. The van der Waals surface area contributed by atoms with Crippen LogP contribution in [0.1, 0.15) is 29.9 Å². The first-order valence-electron chi connectivity index (χ1n) is 5.67. The van der Waals surface area contributed by atoms with Crippen molar-refractivity contribution in [3.8, 4) is 0 Å². The lowest BCUT2D eigenvalue weighted by atomic mass is 10.2. The maximum atomic E-state index is 4.35. The minimum absolute atomic E-state index is 0.184. The van der Waals surface area contributed by atoms with Gasteiger partial charge in [-0.2, -0.15) is 0 Å². The zero-order chi connectivity index (χ0) is 12.1. The summed E-state index contributed by atoms with van der Waals surface area (Å²) < 4.78 is 0. The summed E-state index contributed by atoms with van der Waals surface area (Å²) in [5.41, 5.74) is 3.14. The highest BCUT2D eigenvalue weighted by Gasteiger charge is 2.09. The molecule has 0 saturated heterocycles. The molecule has 2 rings (SSSR count). The fourth-order valence-electron chi connectivity index (χ4n) is 1.71. The van der Waals surface area contributed by atoms with E-state index >= 15 is 0 Å². The number of hydrogen-bond donors (Lipinski definition) is 1. The number of pyridine rings is 1. The van der Waals surface area contributed by atoms with Gasteiger partial charge in [-0.25, -0.2) is 0 Å². The molecular weight excluding hydrogens is 212 g/mol. The summed E-state index contributed by atoms with van der Waals surface area (Å²) in [5.74, 6) is 0. The molecule has 0 fully saturated rings. The van der Waals surface area contributed by atoms with Gasteiger partial charge in [0.05, 0.1) is 11.4 Å². The molecule has 2 aromatic rings. The summed E-state index contributed by atoms with van der Waals surface area (Å²) in [6, 6.07) is 4.18. The highest BCUT2D eigenvalue weighted by Crippen LogP contribution is 2.12. The Balaban J connectivity index is 1.99. The lowest BCUT2D eigenvalue weighted by molar-refractivity contribution is 0.555. The van der Waals surface area contributed by atoms with E-state index in [-0.39, 0.29) is 6.04 Å². The van der Waals surface area contributed by atoms with Crippen LogP contribution in [0.2, 0.25) is 0 Å². The summed E-state index contributed by atoms with van der Waals surface area (Å²) in [4.78, 5) is 12.7. The Morgan fingerprint density at radius 1 is 1.24 bits per heavy atom. The van der Waals surface area contributed by atoms with E-state index in [1.165, 1.54) is 5.56 Å². The second kappa shape index (κ2) is 5.50. The largest absolute Gasteiger partial charge is 0.305 e. The molecule has 1 N–H and O–H groups in total. The van der Waals surface area contributed by atoms with Gasteiger partial charge in [0.1, 0.15) is 0 Å². The van der Waals surface area contributed by atoms with Crippen molar-refractivity contribution in [1.29, 1.82) is 0 Å². The first-order valence-corrected chi connectivity index (χ1v) is 5.67. The fourth-order valence-corrected chi connectivity index (χ4v) is 1.71. The van der Waals surface area contributed by atoms with Gasteiger partial charge in [-0.15, -0.1) is 0 Å². The van der Waals surface area contributed by atoms with Gasteiger partial charge < -0.3 is 5.32 Å². The minimum atomic E-state index is 0.184. The van der Waals surface area contributed by atoms with Crippen molar-refractivity contribution in [3.05, 3.63) is 53.9 Å². The minimum Gasteiger partial charge on any atom is -0.305 e. The van der Waals surface area contributed by atoms with Gasteiger partial charge in [0, 0.05) is 37.4 Å². The Morgan fingerprint density at radius 3 is 2.76 bits per heavy atom. The molecule has 1 atom stereocenters. The molecule has 88 valence electrons. The van der Waals surface area contributed by atoms with Crippen LogP contribution < -0.4 is 5.32 Å². The van der Waals surface area contributed by atoms with Gasteiger partial charge in [-0.3, -0.25) is 15.0 Å². The van der Waals surface area contributed by atoms with Crippen LogP contribution in [0.25, 0.3) is 0 Å². The number of aryl methyl sites for hydroxylation is 1. The van der Waals surface area contributed by atoms with Crippen LogP contribution in [-0.2, 0) is 6.54 Å². The molecule has 4 nitrogen and oxygen atoms in total. The van der Waals surface area contributed by atoms with Crippen LogP contribution in [0.4, 0.5) is 0 Å². The van der Waals surface area contributed by atoms with E-state index in [1.54, 1.807) is 18.6 Å². The van der Waals surface area contributed by atoms with Crippen LogP contribution in [0.15, 0.2) is 36.9 Å². The Morgan fingerprint density at radius 2 is 2.06 bits per heavy atom. The molecule has 0 aliphatic heterocycles. The maximum Gasteiger partial charge on any atom is 0.0782 e. The molecule has 2 heterocycles. The molecule has 0 aliphatic rings. The third-order valence-electron chi connectivity index (χ3n) is 2.66.